The number of hydrogen-bond donors (Lipinski definition) is 0. The minimum absolute atomic E-state index is 0.0362. The molecule has 0 aromatic heterocycles. The summed E-state index contributed by atoms with van der Waals surface area (Å²) in [5.41, 5.74) is 1.16. The van der Waals surface area contributed by atoms with Crippen molar-refractivity contribution in [1.82, 2.24) is 4.90 Å². The van der Waals surface area contributed by atoms with Gasteiger partial charge in [-0.3, -0.25) is 9.59 Å². The number of hydrogen-bond acceptors (Lipinski definition) is 4. The highest BCUT2D eigenvalue weighted by molar-refractivity contribution is 6.42. The van der Waals surface area contributed by atoms with E-state index in [1.54, 1.807) is 17.0 Å². The second-order valence-corrected chi connectivity index (χ2v) is 9.88. The van der Waals surface area contributed by atoms with Crippen LogP contribution in [0, 0.1) is 5.92 Å². The molecule has 5 unspecified atom stereocenters. The predicted molar refractivity (Wildman–Crippen MR) is 114 cm³/mol. The van der Waals surface area contributed by atoms with Crippen LogP contribution in [0.5, 0.6) is 0 Å². The molecule has 8 heteroatoms. The average molecular weight is 471 g/mol. The first kappa shape index (κ1) is 20.6. The molecule has 0 radical (unpaired) electrons. The average Bonchev–Trinajstić information content (AvgIpc) is 3.33. The number of rotatable bonds is 3. The monoisotopic (exact) mass is 469 g/mol. The summed E-state index contributed by atoms with van der Waals surface area (Å²) in [5.74, 6) is -0.425. The Morgan fingerprint density at radius 2 is 1.93 bits per heavy atom. The van der Waals surface area contributed by atoms with Crippen LogP contribution in [-0.4, -0.2) is 47.3 Å². The van der Waals surface area contributed by atoms with E-state index in [1.807, 2.05) is 6.07 Å². The van der Waals surface area contributed by atoms with Crippen molar-refractivity contribution in [3.05, 3.63) is 45.1 Å². The molecular weight excluding hydrogens is 449 g/mol. The number of halogens is 3. The first-order valence-corrected chi connectivity index (χ1v) is 11.6. The summed E-state index contributed by atoms with van der Waals surface area (Å²) in [6.45, 7) is 1.09. The Morgan fingerprint density at radius 3 is 2.67 bits per heavy atom. The number of ketones is 1. The molecular formula is C22H22Cl3NO4. The topological polar surface area (TPSA) is 55.8 Å². The second-order valence-electron chi connectivity index (χ2n) is 8.45. The van der Waals surface area contributed by atoms with Gasteiger partial charge in [-0.05, 0) is 49.8 Å². The van der Waals surface area contributed by atoms with Crippen LogP contribution in [0.1, 0.15) is 43.7 Å². The molecule has 30 heavy (non-hydrogen) atoms. The first-order chi connectivity index (χ1) is 14.4. The smallest absolute Gasteiger partial charge is 0.290 e. The molecule has 1 aromatic carbocycles. The molecule has 1 saturated heterocycles. The third-order valence-corrected chi connectivity index (χ3v) is 7.70. The minimum Gasteiger partial charge on any atom is -0.483 e. The second kappa shape index (κ2) is 8.01. The van der Waals surface area contributed by atoms with Crippen molar-refractivity contribution >= 4 is 46.5 Å². The highest BCUT2D eigenvalue weighted by Crippen LogP contribution is 2.48. The lowest BCUT2D eigenvalue weighted by Gasteiger charge is -2.37. The molecule has 1 saturated carbocycles. The van der Waals surface area contributed by atoms with E-state index in [4.69, 9.17) is 44.3 Å². The van der Waals surface area contributed by atoms with Crippen molar-refractivity contribution in [2.24, 2.45) is 5.92 Å². The highest BCUT2D eigenvalue weighted by atomic mass is 35.5. The minimum atomic E-state index is -0.560. The van der Waals surface area contributed by atoms with E-state index >= 15 is 0 Å². The lowest BCUT2D eigenvalue weighted by atomic mass is 9.77. The van der Waals surface area contributed by atoms with Crippen LogP contribution in [0.3, 0.4) is 0 Å². The van der Waals surface area contributed by atoms with Crippen LogP contribution in [0.4, 0.5) is 0 Å². The Kier molecular flexibility index (Phi) is 5.51. The Bertz CT molecular complexity index is 927. The first-order valence-electron chi connectivity index (χ1n) is 10.4. The number of fused-ring (bicyclic) bond motifs is 1. The van der Waals surface area contributed by atoms with E-state index < -0.39 is 6.04 Å². The van der Waals surface area contributed by atoms with Crippen LogP contribution in [0.25, 0.3) is 0 Å². The number of alkyl halides is 1. The maximum atomic E-state index is 13.6. The van der Waals surface area contributed by atoms with Gasteiger partial charge < -0.3 is 14.4 Å². The fourth-order valence-electron chi connectivity index (χ4n) is 5.09. The third kappa shape index (κ3) is 3.44. The molecule has 5 atom stereocenters. The van der Waals surface area contributed by atoms with Gasteiger partial charge in [0.05, 0.1) is 33.7 Å². The van der Waals surface area contributed by atoms with Crippen molar-refractivity contribution in [2.75, 3.05) is 13.2 Å². The van der Waals surface area contributed by atoms with Crippen molar-refractivity contribution < 1.29 is 19.1 Å². The normalized spacial score (nSPS) is 33.6. The van der Waals surface area contributed by atoms with Crippen molar-refractivity contribution in [2.45, 2.75) is 55.7 Å². The summed E-state index contributed by atoms with van der Waals surface area (Å²) in [6, 6.07) is 4.68. The summed E-state index contributed by atoms with van der Waals surface area (Å²) in [5, 5.41) is 0.755. The van der Waals surface area contributed by atoms with Crippen LogP contribution >= 0.6 is 34.8 Å². The molecule has 1 aliphatic carbocycles. The van der Waals surface area contributed by atoms with Crippen molar-refractivity contribution in [3.63, 3.8) is 0 Å². The summed E-state index contributed by atoms with van der Waals surface area (Å²) in [4.78, 5) is 28.7. The van der Waals surface area contributed by atoms with Gasteiger partial charge in [0.25, 0.3) is 5.91 Å². The van der Waals surface area contributed by atoms with Gasteiger partial charge in [-0.2, -0.15) is 0 Å². The Balaban J connectivity index is 1.56. The molecule has 3 aliphatic heterocycles. The molecule has 5 rings (SSSR count). The number of ether oxygens (including phenoxy) is 2. The van der Waals surface area contributed by atoms with Gasteiger partial charge in [-0.25, -0.2) is 0 Å². The van der Waals surface area contributed by atoms with Gasteiger partial charge in [0, 0.05) is 18.5 Å². The van der Waals surface area contributed by atoms with Crippen molar-refractivity contribution in [3.8, 4) is 0 Å². The Labute approximate surface area is 190 Å². The van der Waals surface area contributed by atoms with Gasteiger partial charge >= 0.3 is 0 Å². The Hall–Kier alpha value is -1.27. The lowest BCUT2D eigenvalue weighted by molar-refractivity contribution is -0.136. The maximum Gasteiger partial charge on any atom is 0.290 e. The number of benzene rings is 1. The van der Waals surface area contributed by atoms with Gasteiger partial charge in [-0.15, -0.1) is 11.6 Å². The molecule has 5 nitrogen and oxygen atoms in total. The van der Waals surface area contributed by atoms with Gasteiger partial charge in [0.1, 0.15) is 6.10 Å². The van der Waals surface area contributed by atoms with Gasteiger partial charge in [0.15, 0.2) is 11.5 Å². The number of carbonyl (C=O) groups is 2. The molecule has 0 bridgehead atoms. The summed E-state index contributed by atoms with van der Waals surface area (Å²) < 4.78 is 11.9. The van der Waals surface area contributed by atoms with Crippen LogP contribution in [-0.2, 0) is 19.1 Å². The zero-order valence-electron chi connectivity index (χ0n) is 16.3. The van der Waals surface area contributed by atoms with E-state index in [2.05, 4.69) is 0 Å². The molecule has 1 amide bonds. The molecule has 160 valence electrons. The standard InChI is InChI=1S/C22H22Cl3NO4/c23-12-4-6-17-14(9-12)20(27)18-19(11-3-5-15(24)16(25)8-11)26(22(28)21(18)30-17)10-13-2-1-7-29-13/h3,5,8,12-14,17,19H,1-2,4,6-7,9-10H2. The Morgan fingerprint density at radius 1 is 1.10 bits per heavy atom. The SMILES string of the molecule is O=C1C2=C(OC3CCC(Cl)CC13)C(=O)N(CC1CCCO1)C2c1ccc(Cl)c(Cl)c1. The van der Waals surface area contributed by atoms with E-state index in [0.717, 1.165) is 24.8 Å². The zero-order chi connectivity index (χ0) is 21.0. The van der Waals surface area contributed by atoms with Crippen LogP contribution in [0.15, 0.2) is 29.5 Å². The number of Topliss-reactive ketones (excluding diaryl/α,β-unsaturated/α-hetero) is 1. The van der Waals surface area contributed by atoms with E-state index in [1.165, 1.54) is 0 Å². The van der Waals surface area contributed by atoms with Crippen molar-refractivity contribution in [1.29, 1.82) is 0 Å². The largest absolute Gasteiger partial charge is 0.483 e. The summed E-state index contributed by atoms with van der Waals surface area (Å²) in [6.07, 6.45) is 3.54. The summed E-state index contributed by atoms with van der Waals surface area (Å²) in [7, 11) is 0. The fraction of sp³-hybridized carbons (Fsp3) is 0.545. The number of carbonyl (C=O) groups excluding carboxylic acids is 2. The van der Waals surface area contributed by atoms with E-state index in [9.17, 15) is 9.59 Å². The zero-order valence-corrected chi connectivity index (χ0v) is 18.6. The maximum absolute atomic E-state index is 13.6. The summed E-state index contributed by atoms with van der Waals surface area (Å²) >= 11 is 18.7. The third-order valence-electron chi connectivity index (χ3n) is 6.56. The molecule has 3 heterocycles. The molecule has 0 spiro atoms. The highest BCUT2D eigenvalue weighted by Gasteiger charge is 2.53. The van der Waals surface area contributed by atoms with Gasteiger partial charge in [0.2, 0.25) is 0 Å². The number of nitrogens with zero attached hydrogens (tertiary/aromatic N) is 1. The van der Waals surface area contributed by atoms with E-state index in [0.29, 0.717) is 41.6 Å². The molecule has 0 N–H and O–H groups in total. The van der Waals surface area contributed by atoms with Crippen LogP contribution < -0.4 is 0 Å². The fourth-order valence-corrected chi connectivity index (χ4v) is 5.71. The molecule has 2 fully saturated rings. The van der Waals surface area contributed by atoms with Crippen LogP contribution in [0.2, 0.25) is 10.0 Å². The molecule has 1 aromatic rings. The van der Waals surface area contributed by atoms with Gasteiger partial charge in [-0.1, -0.05) is 29.3 Å². The quantitative estimate of drug-likeness (QED) is 0.602. The van der Waals surface area contributed by atoms with E-state index in [-0.39, 0.29) is 41.0 Å². The predicted octanol–water partition coefficient (Wildman–Crippen LogP) is 4.69. The number of amides is 1. The lowest BCUT2D eigenvalue weighted by Crippen LogP contribution is -2.41. The molecule has 4 aliphatic rings.